The second-order valence-electron chi connectivity index (χ2n) is 5.58. The predicted octanol–water partition coefficient (Wildman–Crippen LogP) is 3.49. The van der Waals surface area contributed by atoms with Gasteiger partial charge >= 0.3 is 5.97 Å². The smallest absolute Gasteiger partial charge is 0.331 e. The molecule has 0 saturated carbocycles. The molecule has 0 heterocycles. The van der Waals surface area contributed by atoms with Gasteiger partial charge in [0.25, 0.3) is 11.6 Å². The number of nitro benzene ring substituents is 1. The lowest BCUT2D eigenvalue weighted by Gasteiger charge is -2.12. The van der Waals surface area contributed by atoms with E-state index in [1.54, 1.807) is 18.2 Å². The minimum atomic E-state index is -1.01. The van der Waals surface area contributed by atoms with Crippen molar-refractivity contribution in [2.24, 2.45) is 0 Å². The van der Waals surface area contributed by atoms with Crippen LogP contribution in [0.4, 0.5) is 11.4 Å². The molecule has 0 aliphatic rings. The van der Waals surface area contributed by atoms with Crippen LogP contribution in [-0.2, 0) is 14.3 Å². The van der Waals surface area contributed by atoms with E-state index < -0.39 is 22.9 Å². The molecule has 0 aromatic heterocycles. The number of nitro groups is 1. The van der Waals surface area contributed by atoms with Crippen molar-refractivity contribution in [3.05, 3.63) is 75.8 Å². The zero-order valence-corrected chi connectivity index (χ0v) is 14.3. The Morgan fingerprint density at radius 2 is 1.81 bits per heavy atom. The summed E-state index contributed by atoms with van der Waals surface area (Å²) in [6.45, 7) is 3.37. The van der Waals surface area contributed by atoms with Crippen LogP contribution in [0, 0.1) is 17.0 Å². The maximum atomic E-state index is 12.0. The van der Waals surface area contributed by atoms with E-state index in [-0.39, 0.29) is 11.3 Å². The van der Waals surface area contributed by atoms with Gasteiger partial charge in [0, 0.05) is 17.8 Å². The molecule has 0 fully saturated rings. The van der Waals surface area contributed by atoms with Crippen molar-refractivity contribution in [2.75, 3.05) is 5.32 Å². The van der Waals surface area contributed by atoms with Crippen LogP contribution in [-0.4, -0.2) is 22.9 Å². The van der Waals surface area contributed by atoms with Crippen LogP contribution in [0.5, 0.6) is 0 Å². The predicted molar refractivity (Wildman–Crippen MR) is 97.5 cm³/mol. The summed E-state index contributed by atoms with van der Waals surface area (Å²) in [7, 11) is 0. The Labute approximate surface area is 150 Å². The number of para-hydroxylation sites is 1. The molecule has 0 unspecified atom stereocenters. The molecule has 0 aliphatic carbocycles. The summed E-state index contributed by atoms with van der Waals surface area (Å²) >= 11 is 0. The van der Waals surface area contributed by atoms with Crippen molar-refractivity contribution in [2.45, 2.75) is 20.0 Å². The first-order valence-electron chi connectivity index (χ1n) is 7.86. The Kier molecular flexibility index (Phi) is 6.21. The molecular formula is C19H18N2O5. The number of benzene rings is 2. The molecule has 2 rings (SSSR count). The second-order valence-corrected chi connectivity index (χ2v) is 5.58. The summed E-state index contributed by atoms with van der Waals surface area (Å²) in [6.07, 6.45) is 1.32. The molecule has 1 amide bonds. The number of carbonyl (C=O) groups excluding carboxylic acids is 2. The monoisotopic (exact) mass is 354 g/mol. The number of anilines is 1. The molecule has 7 heteroatoms. The summed E-state index contributed by atoms with van der Waals surface area (Å²) < 4.78 is 5.02. The molecule has 1 atom stereocenters. The molecule has 26 heavy (non-hydrogen) atoms. The summed E-state index contributed by atoms with van der Waals surface area (Å²) in [5, 5.41) is 13.6. The maximum absolute atomic E-state index is 12.0. The van der Waals surface area contributed by atoms with Crippen molar-refractivity contribution in [1.29, 1.82) is 0 Å². The molecule has 2 aromatic rings. The standard InChI is InChI=1S/C19H18N2O5/c1-13-7-10-16(11-8-13)20-19(23)14(2)26-18(22)12-9-15-5-3-4-6-17(15)21(24)25/h3-12,14H,1-2H3,(H,20,23)/b12-9+/t14-/m1/s1. The maximum Gasteiger partial charge on any atom is 0.331 e. The van der Waals surface area contributed by atoms with Gasteiger partial charge in [-0.3, -0.25) is 14.9 Å². The normalized spacial score (nSPS) is 11.8. The fourth-order valence-corrected chi connectivity index (χ4v) is 2.10. The second kappa shape index (κ2) is 8.57. The third-order valence-corrected chi connectivity index (χ3v) is 3.51. The number of rotatable bonds is 6. The molecule has 0 spiro atoms. The van der Waals surface area contributed by atoms with Gasteiger partial charge in [-0.05, 0) is 38.1 Å². The van der Waals surface area contributed by atoms with Crippen molar-refractivity contribution in [1.82, 2.24) is 0 Å². The van der Waals surface area contributed by atoms with E-state index in [0.29, 0.717) is 5.69 Å². The number of aryl methyl sites for hydroxylation is 1. The third-order valence-electron chi connectivity index (χ3n) is 3.51. The number of nitrogens with zero attached hydrogens (tertiary/aromatic N) is 1. The van der Waals surface area contributed by atoms with E-state index >= 15 is 0 Å². The molecule has 0 aliphatic heterocycles. The highest BCUT2D eigenvalue weighted by Gasteiger charge is 2.17. The van der Waals surface area contributed by atoms with E-state index in [1.807, 2.05) is 19.1 Å². The van der Waals surface area contributed by atoms with Gasteiger partial charge in [0.2, 0.25) is 0 Å². The van der Waals surface area contributed by atoms with Crippen molar-refractivity contribution in [3.8, 4) is 0 Å². The highest BCUT2D eigenvalue weighted by atomic mass is 16.6. The Morgan fingerprint density at radius 3 is 2.46 bits per heavy atom. The zero-order chi connectivity index (χ0) is 19.1. The van der Waals surface area contributed by atoms with Crippen LogP contribution >= 0.6 is 0 Å². The lowest BCUT2D eigenvalue weighted by Crippen LogP contribution is -2.29. The van der Waals surface area contributed by atoms with Crippen LogP contribution < -0.4 is 5.32 Å². The van der Waals surface area contributed by atoms with Crippen LogP contribution in [0.1, 0.15) is 18.1 Å². The number of hydrogen-bond donors (Lipinski definition) is 1. The first kappa shape index (κ1) is 18.9. The molecule has 7 nitrogen and oxygen atoms in total. The van der Waals surface area contributed by atoms with Crippen molar-refractivity contribution >= 4 is 29.3 Å². The molecule has 1 N–H and O–H groups in total. The minimum Gasteiger partial charge on any atom is -0.449 e. The number of ether oxygens (including phenoxy) is 1. The highest BCUT2D eigenvalue weighted by molar-refractivity contribution is 5.96. The summed E-state index contributed by atoms with van der Waals surface area (Å²) in [5.41, 5.74) is 1.80. The molecule has 2 aromatic carbocycles. The largest absolute Gasteiger partial charge is 0.449 e. The Hall–Kier alpha value is -3.48. The highest BCUT2D eigenvalue weighted by Crippen LogP contribution is 2.19. The van der Waals surface area contributed by atoms with Crippen molar-refractivity contribution in [3.63, 3.8) is 0 Å². The van der Waals surface area contributed by atoms with Gasteiger partial charge in [-0.2, -0.15) is 0 Å². The van der Waals surface area contributed by atoms with E-state index in [4.69, 9.17) is 4.74 Å². The van der Waals surface area contributed by atoms with E-state index in [2.05, 4.69) is 5.32 Å². The van der Waals surface area contributed by atoms with E-state index in [9.17, 15) is 19.7 Å². The first-order valence-corrected chi connectivity index (χ1v) is 7.86. The van der Waals surface area contributed by atoms with Gasteiger partial charge in [0.05, 0.1) is 10.5 Å². The van der Waals surface area contributed by atoms with Gasteiger partial charge in [-0.15, -0.1) is 0 Å². The van der Waals surface area contributed by atoms with Crippen LogP contribution in [0.2, 0.25) is 0 Å². The lowest BCUT2D eigenvalue weighted by atomic mass is 10.1. The molecule has 0 radical (unpaired) electrons. The number of carbonyl (C=O) groups is 2. The SMILES string of the molecule is Cc1ccc(NC(=O)[C@@H](C)OC(=O)/C=C/c2ccccc2[N+](=O)[O-])cc1. The number of hydrogen-bond acceptors (Lipinski definition) is 5. The number of amides is 1. The molecule has 0 saturated heterocycles. The molecule has 134 valence electrons. The van der Waals surface area contributed by atoms with Crippen LogP contribution in [0.25, 0.3) is 6.08 Å². The van der Waals surface area contributed by atoms with Gasteiger partial charge < -0.3 is 10.1 Å². The van der Waals surface area contributed by atoms with Gasteiger partial charge in [0.15, 0.2) is 6.10 Å². The summed E-state index contributed by atoms with van der Waals surface area (Å²) in [5.74, 6) is -1.24. The average molecular weight is 354 g/mol. The fourth-order valence-electron chi connectivity index (χ4n) is 2.10. The zero-order valence-electron chi connectivity index (χ0n) is 14.3. The average Bonchev–Trinajstić information content (AvgIpc) is 2.62. The summed E-state index contributed by atoms with van der Waals surface area (Å²) in [6, 6.07) is 13.2. The quantitative estimate of drug-likeness (QED) is 0.370. The number of esters is 1. The fraction of sp³-hybridized carbons (Fsp3) is 0.158. The van der Waals surface area contributed by atoms with Gasteiger partial charge in [-0.1, -0.05) is 29.8 Å². The van der Waals surface area contributed by atoms with Gasteiger partial charge in [-0.25, -0.2) is 4.79 Å². The van der Waals surface area contributed by atoms with E-state index in [0.717, 1.165) is 11.6 Å². The Balaban J connectivity index is 1.95. The van der Waals surface area contributed by atoms with E-state index in [1.165, 1.54) is 31.2 Å². The summed E-state index contributed by atoms with van der Waals surface area (Å²) in [4.78, 5) is 34.3. The third kappa shape index (κ3) is 5.27. The minimum absolute atomic E-state index is 0.123. The van der Waals surface area contributed by atoms with Crippen LogP contribution in [0.15, 0.2) is 54.6 Å². The Morgan fingerprint density at radius 1 is 1.15 bits per heavy atom. The molecule has 0 bridgehead atoms. The topological polar surface area (TPSA) is 98.5 Å². The van der Waals surface area contributed by atoms with Crippen LogP contribution in [0.3, 0.4) is 0 Å². The van der Waals surface area contributed by atoms with Crippen molar-refractivity contribution < 1.29 is 19.2 Å². The Bertz CT molecular complexity index is 843. The lowest BCUT2D eigenvalue weighted by molar-refractivity contribution is -0.385. The van der Waals surface area contributed by atoms with Gasteiger partial charge in [0.1, 0.15) is 0 Å². The first-order chi connectivity index (χ1) is 12.4. The molecular weight excluding hydrogens is 336 g/mol. The number of nitrogens with one attached hydrogen (secondary N) is 1.